The summed E-state index contributed by atoms with van der Waals surface area (Å²) < 4.78 is 0. The number of hydrogen-bond acceptors (Lipinski definition) is 9. The fraction of sp³-hybridized carbons (Fsp3) is 0.310. The van der Waals surface area contributed by atoms with Crippen LogP contribution in [0, 0.1) is 0 Å². The molecule has 3 heterocycles. The molecule has 0 spiro atoms. The molecule has 2 aliphatic heterocycles. The van der Waals surface area contributed by atoms with E-state index >= 15 is 0 Å². The zero-order chi connectivity index (χ0) is 31.5. The smallest absolute Gasteiger partial charge is 0.414 e. The van der Waals surface area contributed by atoms with E-state index in [1.807, 2.05) is 24.3 Å². The van der Waals surface area contributed by atoms with E-state index in [1.165, 1.54) is 5.56 Å². The number of nitrogens with zero attached hydrogens (tertiary/aromatic N) is 4. The van der Waals surface area contributed by atoms with Crippen molar-refractivity contribution in [2.75, 3.05) is 56.5 Å². The molecule has 1 amide bonds. The summed E-state index contributed by atoms with van der Waals surface area (Å²) in [6, 6.07) is 18.6. The number of pyridine rings is 1. The number of nitrogens with one attached hydrogen (secondary N) is 1. The topological polar surface area (TPSA) is 201 Å². The Morgan fingerprint density at radius 3 is 1.91 bits per heavy atom. The SMILES string of the molecule is CN1CCN(CC(=O)Nc2c3c(nc4ccccc24)N(Cc2ccccc2)CC3)CC1.O=C(O)C(=O)O.O=C(O)C(=O)O. The molecule has 14 heteroatoms. The second-order valence-corrected chi connectivity index (χ2v) is 9.81. The van der Waals surface area contributed by atoms with Gasteiger partial charge >= 0.3 is 23.9 Å². The number of carboxylic acid groups (broad SMARTS) is 4. The third kappa shape index (κ3) is 9.48. The van der Waals surface area contributed by atoms with Crippen LogP contribution in [0.25, 0.3) is 10.9 Å². The molecule has 0 unspecified atom stereocenters. The summed E-state index contributed by atoms with van der Waals surface area (Å²) in [7, 11) is 2.13. The average Bonchev–Trinajstić information content (AvgIpc) is 3.37. The zero-order valence-corrected chi connectivity index (χ0v) is 23.5. The summed E-state index contributed by atoms with van der Waals surface area (Å²) >= 11 is 0. The zero-order valence-electron chi connectivity index (χ0n) is 23.5. The summed E-state index contributed by atoms with van der Waals surface area (Å²) in [5, 5.41) is 33.9. The average molecular weight is 596 g/mol. The number of rotatable bonds is 5. The molecule has 0 aliphatic carbocycles. The molecule has 2 aliphatic rings. The molecule has 1 saturated heterocycles. The van der Waals surface area contributed by atoms with Gasteiger partial charge in [-0.15, -0.1) is 0 Å². The molecule has 5 N–H and O–H groups in total. The van der Waals surface area contributed by atoms with Crippen molar-refractivity contribution < 1.29 is 44.4 Å². The number of likely N-dealkylation sites (N-methyl/N-ethyl adjacent to an activating group) is 1. The first-order chi connectivity index (χ1) is 20.5. The van der Waals surface area contributed by atoms with Gasteiger partial charge in [0.25, 0.3) is 0 Å². The highest BCUT2D eigenvalue weighted by molar-refractivity contribution is 6.27. The minimum absolute atomic E-state index is 0.0598. The first-order valence-electron chi connectivity index (χ1n) is 13.3. The van der Waals surface area contributed by atoms with Crippen LogP contribution >= 0.6 is 0 Å². The van der Waals surface area contributed by atoms with Crippen molar-refractivity contribution in [3.05, 3.63) is 65.7 Å². The van der Waals surface area contributed by atoms with Crippen LogP contribution in [0.3, 0.4) is 0 Å². The number of hydrogen-bond donors (Lipinski definition) is 5. The van der Waals surface area contributed by atoms with Crippen molar-refractivity contribution in [1.29, 1.82) is 0 Å². The number of para-hydroxylation sites is 1. The number of anilines is 2. The van der Waals surface area contributed by atoms with Crippen molar-refractivity contribution in [1.82, 2.24) is 14.8 Å². The summed E-state index contributed by atoms with van der Waals surface area (Å²) in [5.41, 5.74) is 4.29. The number of carbonyl (C=O) groups is 5. The molecule has 0 atom stereocenters. The molecule has 5 rings (SSSR count). The predicted octanol–water partition coefficient (Wildman–Crippen LogP) is 1.29. The number of carbonyl (C=O) groups excluding carboxylic acids is 1. The first kappa shape index (κ1) is 32.4. The number of piperazine rings is 1. The highest BCUT2D eigenvalue weighted by atomic mass is 16.4. The Morgan fingerprint density at radius 1 is 0.767 bits per heavy atom. The second-order valence-electron chi connectivity index (χ2n) is 9.81. The van der Waals surface area contributed by atoms with E-state index in [2.05, 4.69) is 57.4 Å². The lowest BCUT2D eigenvalue weighted by Crippen LogP contribution is -2.47. The van der Waals surface area contributed by atoms with E-state index in [-0.39, 0.29) is 5.91 Å². The molecule has 0 saturated carbocycles. The van der Waals surface area contributed by atoms with Crippen LogP contribution in [0.15, 0.2) is 54.6 Å². The van der Waals surface area contributed by atoms with Gasteiger partial charge in [-0.05, 0) is 25.1 Å². The number of fused-ring (bicyclic) bond motifs is 2. The molecule has 0 bridgehead atoms. The van der Waals surface area contributed by atoms with E-state index in [1.54, 1.807) is 0 Å². The van der Waals surface area contributed by atoms with Gasteiger partial charge in [0.05, 0.1) is 17.7 Å². The maximum Gasteiger partial charge on any atom is 0.414 e. The van der Waals surface area contributed by atoms with Crippen LogP contribution < -0.4 is 10.2 Å². The number of benzene rings is 2. The molecule has 3 aromatic rings. The maximum atomic E-state index is 13.0. The van der Waals surface area contributed by atoms with Crippen LogP contribution in [-0.4, -0.2) is 111 Å². The summed E-state index contributed by atoms with van der Waals surface area (Å²) in [4.78, 5) is 61.2. The Kier molecular flexibility index (Phi) is 11.5. The van der Waals surface area contributed by atoms with Gasteiger partial charge in [0.2, 0.25) is 5.91 Å². The predicted molar refractivity (Wildman–Crippen MR) is 156 cm³/mol. The van der Waals surface area contributed by atoms with Crippen molar-refractivity contribution in [3.63, 3.8) is 0 Å². The van der Waals surface area contributed by atoms with Gasteiger partial charge in [-0.25, -0.2) is 24.2 Å². The van der Waals surface area contributed by atoms with Gasteiger partial charge in [-0.1, -0.05) is 48.5 Å². The maximum absolute atomic E-state index is 13.0. The minimum atomic E-state index is -1.82. The molecule has 43 heavy (non-hydrogen) atoms. The Labute approximate surface area is 246 Å². The van der Waals surface area contributed by atoms with Gasteiger partial charge in [-0.2, -0.15) is 0 Å². The van der Waals surface area contributed by atoms with Crippen LogP contribution in [0.4, 0.5) is 11.5 Å². The molecule has 14 nitrogen and oxygen atoms in total. The third-order valence-corrected chi connectivity index (χ3v) is 6.71. The standard InChI is InChI=1S/C25H29N5O.2C2H2O4/c1-28-13-15-29(16-14-28)18-23(31)27-24-20-9-5-6-10-22(20)26-25-21(24)11-12-30(25)17-19-7-3-2-4-8-19;2*3-1(4)2(5)6/h2-10H,11-18H2,1H3,(H,26,27,31);2*(H,3,4)(H,5,6). The number of carboxylic acids is 4. The van der Waals surface area contributed by atoms with Crippen molar-refractivity contribution in [2.24, 2.45) is 0 Å². The normalized spacial score (nSPS) is 14.4. The Morgan fingerprint density at radius 2 is 1.33 bits per heavy atom. The third-order valence-electron chi connectivity index (χ3n) is 6.71. The Hall–Kier alpha value is -5.08. The van der Waals surface area contributed by atoms with Crippen LogP contribution in [0.2, 0.25) is 0 Å². The summed E-state index contributed by atoms with van der Waals surface area (Å²) in [6.45, 7) is 6.06. The van der Waals surface area contributed by atoms with Gasteiger partial charge in [0.1, 0.15) is 5.82 Å². The molecule has 2 aromatic carbocycles. The molecule has 1 fully saturated rings. The van der Waals surface area contributed by atoms with Gasteiger partial charge in [0.15, 0.2) is 0 Å². The monoisotopic (exact) mass is 595 g/mol. The van der Waals surface area contributed by atoms with Crippen molar-refractivity contribution in [2.45, 2.75) is 13.0 Å². The van der Waals surface area contributed by atoms with E-state index in [9.17, 15) is 4.79 Å². The van der Waals surface area contributed by atoms with Crippen molar-refractivity contribution >= 4 is 52.2 Å². The Balaban J connectivity index is 0.000000359. The van der Waals surface area contributed by atoms with Crippen molar-refractivity contribution in [3.8, 4) is 0 Å². The number of aromatic nitrogens is 1. The van der Waals surface area contributed by atoms with Crippen LogP contribution in [0.5, 0.6) is 0 Å². The minimum Gasteiger partial charge on any atom is -0.473 e. The number of aliphatic carboxylic acids is 4. The molecular weight excluding hydrogens is 562 g/mol. The lowest BCUT2D eigenvalue weighted by Gasteiger charge is -2.31. The molecule has 228 valence electrons. The fourth-order valence-electron chi connectivity index (χ4n) is 4.58. The van der Waals surface area contributed by atoms with E-state index in [4.69, 9.17) is 44.6 Å². The van der Waals surface area contributed by atoms with E-state index in [0.29, 0.717) is 6.54 Å². The van der Waals surface area contributed by atoms with E-state index < -0.39 is 23.9 Å². The van der Waals surface area contributed by atoms with E-state index in [0.717, 1.165) is 73.7 Å². The highest BCUT2D eigenvalue weighted by Gasteiger charge is 2.27. The second kappa shape index (κ2) is 15.2. The van der Waals surface area contributed by atoms with Crippen LogP contribution in [0.1, 0.15) is 11.1 Å². The lowest BCUT2D eigenvalue weighted by atomic mass is 10.1. The number of amides is 1. The fourth-order valence-corrected chi connectivity index (χ4v) is 4.58. The van der Waals surface area contributed by atoms with Crippen LogP contribution in [-0.2, 0) is 36.9 Å². The Bertz CT molecular complexity index is 1430. The van der Waals surface area contributed by atoms with Gasteiger partial charge in [-0.3, -0.25) is 9.69 Å². The first-order valence-corrected chi connectivity index (χ1v) is 13.3. The van der Waals surface area contributed by atoms with Gasteiger partial charge in [0, 0.05) is 50.2 Å². The van der Waals surface area contributed by atoms with Gasteiger partial charge < -0.3 is 35.5 Å². The largest absolute Gasteiger partial charge is 0.473 e. The summed E-state index contributed by atoms with van der Waals surface area (Å²) in [6.07, 6.45) is 0.893. The molecular formula is C29H33N5O9. The molecule has 1 aromatic heterocycles. The molecule has 0 radical (unpaired) electrons. The lowest BCUT2D eigenvalue weighted by molar-refractivity contribution is -0.159. The summed E-state index contributed by atoms with van der Waals surface area (Å²) in [5.74, 6) is -6.24. The highest BCUT2D eigenvalue weighted by Crippen LogP contribution is 2.38. The quantitative estimate of drug-likeness (QED) is 0.265.